The zero-order chi connectivity index (χ0) is 19.9. The molecule has 1 atom stereocenters. The summed E-state index contributed by atoms with van der Waals surface area (Å²) in [4.78, 5) is 24.4. The minimum Gasteiger partial charge on any atom is -0.497 e. The van der Waals surface area contributed by atoms with Crippen molar-refractivity contribution in [3.05, 3.63) is 24.3 Å². The van der Waals surface area contributed by atoms with Gasteiger partial charge in [0.2, 0.25) is 16.9 Å². The highest BCUT2D eigenvalue weighted by molar-refractivity contribution is 7.18. The van der Waals surface area contributed by atoms with Gasteiger partial charge in [-0.05, 0) is 31.4 Å². The van der Waals surface area contributed by atoms with Crippen LogP contribution in [0.3, 0.4) is 0 Å². The highest BCUT2D eigenvalue weighted by Crippen LogP contribution is 2.29. The summed E-state index contributed by atoms with van der Waals surface area (Å²) in [5.41, 5.74) is 0.866. The Bertz CT molecular complexity index is 817. The highest BCUT2D eigenvalue weighted by Gasteiger charge is 2.20. The summed E-state index contributed by atoms with van der Waals surface area (Å²) in [7, 11) is 1.61. The van der Waals surface area contributed by atoms with Crippen LogP contribution in [0.2, 0.25) is 0 Å². The first-order chi connectivity index (χ1) is 13.5. The number of nitrogens with zero attached hydrogens (tertiary/aromatic N) is 2. The number of hydrogen-bond acceptors (Lipinski definition) is 6. The van der Waals surface area contributed by atoms with Crippen LogP contribution in [0.4, 0.5) is 5.13 Å². The van der Waals surface area contributed by atoms with Crippen molar-refractivity contribution in [1.82, 2.24) is 15.5 Å². The van der Waals surface area contributed by atoms with E-state index in [2.05, 4.69) is 20.8 Å². The van der Waals surface area contributed by atoms with Crippen LogP contribution in [0.1, 0.15) is 45.4 Å². The average Bonchev–Trinajstić information content (AvgIpc) is 3.38. The molecule has 8 heteroatoms. The molecule has 0 aliphatic heterocycles. The summed E-state index contributed by atoms with van der Waals surface area (Å²) in [5, 5.41) is 14.7. The molecule has 1 aromatic carbocycles. The first-order valence-electron chi connectivity index (χ1n) is 9.63. The van der Waals surface area contributed by atoms with Crippen molar-refractivity contribution in [2.24, 2.45) is 5.92 Å². The number of amides is 2. The quantitative estimate of drug-likeness (QED) is 0.703. The number of rotatable bonds is 8. The van der Waals surface area contributed by atoms with E-state index in [9.17, 15) is 9.59 Å². The lowest BCUT2D eigenvalue weighted by atomic mass is 10.0. The Morgan fingerprint density at radius 3 is 2.82 bits per heavy atom. The van der Waals surface area contributed by atoms with Crippen LogP contribution >= 0.6 is 11.3 Å². The minimum atomic E-state index is -0.625. The molecule has 1 aliphatic carbocycles. The minimum absolute atomic E-state index is 0.0797. The van der Waals surface area contributed by atoms with Gasteiger partial charge in [-0.3, -0.25) is 14.9 Å². The number of hydrogen-bond donors (Lipinski definition) is 2. The van der Waals surface area contributed by atoms with Gasteiger partial charge in [-0.1, -0.05) is 49.2 Å². The zero-order valence-electron chi connectivity index (χ0n) is 16.2. The van der Waals surface area contributed by atoms with Crippen LogP contribution in [-0.2, 0) is 9.59 Å². The summed E-state index contributed by atoms with van der Waals surface area (Å²) in [6.45, 7) is 1.67. The van der Waals surface area contributed by atoms with Crippen molar-refractivity contribution < 1.29 is 14.3 Å². The predicted octanol–water partition coefficient (Wildman–Crippen LogP) is 3.63. The van der Waals surface area contributed by atoms with E-state index in [1.54, 1.807) is 14.0 Å². The van der Waals surface area contributed by atoms with Crippen molar-refractivity contribution in [2.75, 3.05) is 12.4 Å². The monoisotopic (exact) mass is 402 g/mol. The molecule has 1 saturated carbocycles. The van der Waals surface area contributed by atoms with Crippen LogP contribution < -0.4 is 15.4 Å². The maximum absolute atomic E-state index is 12.3. The van der Waals surface area contributed by atoms with E-state index >= 15 is 0 Å². The van der Waals surface area contributed by atoms with E-state index in [1.165, 1.54) is 37.0 Å². The fourth-order valence-electron chi connectivity index (χ4n) is 3.37. The Morgan fingerprint density at radius 2 is 2.07 bits per heavy atom. The number of ether oxygens (including phenoxy) is 1. The van der Waals surface area contributed by atoms with E-state index in [1.807, 2.05) is 24.3 Å². The second kappa shape index (κ2) is 9.64. The molecule has 150 valence electrons. The molecule has 1 unspecified atom stereocenters. The van der Waals surface area contributed by atoms with E-state index < -0.39 is 6.04 Å². The molecule has 7 nitrogen and oxygen atoms in total. The predicted molar refractivity (Wildman–Crippen MR) is 109 cm³/mol. The highest BCUT2D eigenvalue weighted by atomic mass is 32.1. The Kier molecular flexibility index (Phi) is 6.97. The Balaban J connectivity index is 1.49. The summed E-state index contributed by atoms with van der Waals surface area (Å²) >= 11 is 1.27. The number of carbonyl (C=O) groups is 2. The molecule has 0 spiro atoms. The molecule has 1 aliphatic rings. The van der Waals surface area contributed by atoms with Crippen LogP contribution in [0.5, 0.6) is 5.75 Å². The summed E-state index contributed by atoms with van der Waals surface area (Å²) in [5.74, 6) is 1.00. The first-order valence-corrected chi connectivity index (χ1v) is 10.4. The third kappa shape index (κ3) is 5.51. The number of carbonyl (C=O) groups excluding carboxylic acids is 2. The van der Waals surface area contributed by atoms with Gasteiger partial charge in [-0.2, -0.15) is 0 Å². The second-order valence-electron chi connectivity index (χ2n) is 7.11. The summed E-state index contributed by atoms with van der Waals surface area (Å²) in [6.07, 6.45) is 6.35. The Morgan fingerprint density at radius 1 is 1.29 bits per heavy atom. The molecule has 28 heavy (non-hydrogen) atoms. The number of anilines is 1. The van der Waals surface area contributed by atoms with Gasteiger partial charge in [-0.25, -0.2) is 0 Å². The van der Waals surface area contributed by atoms with Crippen LogP contribution in [-0.4, -0.2) is 35.2 Å². The van der Waals surface area contributed by atoms with E-state index in [0.29, 0.717) is 22.5 Å². The Hall–Kier alpha value is -2.48. The van der Waals surface area contributed by atoms with E-state index in [0.717, 1.165) is 17.7 Å². The van der Waals surface area contributed by atoms with Crippen molar-refractivity contribution in [3.8, 4) is 16.3 Å². The number of benzene rings is 1. The smallest absolute Gasteiger partial charge is 0.248 e. The molecule has 0 saturated heterocycles. The maximum atomic E-state index is 12.3. The molecule has 3 rings (SSSR count). The SMILES string of the molecule is COc1cccc(-c2nnc(NC(=O)C(C)NC(=O)CCC3CCCC3)s2)c1. The van der Waals surface area contributed by atoms with Gasteiger partial charge < -0.3 is 10.1 Å². The van der Waals surface area contributed by atoms with Crippen molar-refractivity contribution in [2.45, 2.75) is 51.5 Å². The van der Waals surface area contributed by atoms with Crippen molar-refractivity contribution in [1.29, 1.82) is 0 Å². The molecule has 2 N–H and O–H groups in total. The zero-order valence-corrected chi connectivity index (χ0v) is 17.1. The molecule has 0 bridgehead atoms. The lowest BCUT2D eigenvalue weighted by Crippen LogP contribution is -2.41. The van der Waals surface area contributed by atoms with Crippen LogP contribution in [0.15, 0.2) is 24.3 Å². The van der Waals surface area contributed by atoms with Crippen LogP contribution in [0, 0.1) is 5.92 Å². The van der Waals surface area contributed by atoms with E-state index in [4.69, 9.17) is 4.74 Å². The molecular weight excluding hydrogens is 376 g/mol. The molecule has 1 fully saturated rings. The van der Waals surface area contributed by atoms with Gasteiger partial charge in [-0.15, -0.1) is 10.2 Å². The van der Waals surface area contributed by atoms with Crippen molar-refractivity contribution in [3.63, 3.8) is 0 Å². The largest absolute Gasteiger partial charge is 0.497 e. The van der Waals surface area contributed by atoms with Crippen molar-refractivity contribution >= 4 is 28.3 Å². The average molecular weight is 403 g/mol. The third-order valence-corrected chi connectivity index (χ3v) is 5.88. The first kappa shape index (κ1) is 20.3. The van der Waals surface area contributed by atoms with Crippen LogP contribution in [0.25, 0.3) is 10.6 Å². The lowest BCUT2D eigenvalue weighted by molar-refractivity contribution is -0.126. The number of methoxy groups -OCH3 is 1. The lowest BCUT2D eigenvalue weighted by Gasteiger charge is -2.14. The van der Waals surface area contributed by atoms with Gasteiger partial charge in [0, 0.05) is 12.0 Å². The molecule has 0 radical (unpaired) electrons. The normalized spacial score (nSPS) is 15.2. The number of aromatic nitrogens is 2. The van der Waals surface area contributed by atoms with E-state index in [-0.39, 0.29) is 11.8 Å². The topological polar surface area (TPSA) is 93.2 Å². The molecular formula is C20H26N4O3S. The fourth-order valence-corrected chi connectivity index (χ4v) is 4.12. The molecule has 2 aromatic rings. The fraction of sp³-hybridized carbons (Fsp3) is 0.500. The van der Waals surface area contributed by atoms with Gasteiger partial charge in [0.25, 0.3) is 0 Å². The standard InChI is InChI=1S/C20H26N4O3S/c1-13(21-17(25)11-10-14-6-3-4-7-14)18(26)22-20-24-23-19(28-20)15-8-5-9-16(12-15)27-2/h5,8-9,12-14H,3-4,6-7,10-11H2,1-2H3,(H,21,25)(H,22,24,26). The van der Waals surface area contributed by atoms with Gasteiger partial charge >= 0.3 is 0 Å². The molecule has 1 aromatic heterocycles. The number of nitrogens with one attached hydrogen (secondary N) is 2. The van der Waals surface area contributed by atoms with Gasteiger partial charge in [0.1, 0.15) is 16.8 Å². The maximum Gasteiger partial charge on any atom is 0.248 e. The summed E-state index contributed by atoms with van der Waals surface area (Å²) in [6, 6.07) is 6.86. The molecule has 1 heterocycles. The van der Waals surface area contributed by atoms with Gasteiger partial charge in [0.05, 0.1) is 7.11 Å². The van der Waals surface area contributed by atoms with Gasteiger partial charge in [0.15, 0.2) is 0 Å². The third-order valence-electron chi connectivity index (χ3n) is 5.00. The summed E-state index contributed by atoms with van der Waals surface area (Å²) < 4.78 is 5.21. The second-order valence-corrected chi connectivity index (χ2v) is 8.09. The molecule has 2 amide bonds. The Labute approximate surface area is 168 Å².